The van der Waals surface area contributed by atoms with Crippen LogP contribution in [-0.2, 0) is 6.42 Å². The van der Waals surface area contributed by atoms with Crippen molar-refractivity contribution in [3.05, 3.63) is 29.8 Å². The Bertz CT molecular complexity index is 281. The quantitative estimate of drug-likeness (QED) is 0.673. The molecule has 0 fully saturated rings. The number of hydrogen-bond donors (Lipinski definition) is 0. The van der Waals surface area contributed by atoms with E-state index in [2.05, 4.69) is 54.0 Å². The lowest BCUT2D eigenvalue weighted by Gasteiger charge is -2.11. The van der Waals surface area contributed by atoms with Gasteiger partial charge in [-0.1, -0.05) is 41.9 Å². The zero-order valence-electron chi connectivity index (χ0n) is 10.2. The van der Waals surface area contributed by atoms with Gasteiger partial charge in [0, 0.05) is 5.33 Å². The van der Waals surface area contributed by atoms with E-state index in [9.17, 15) is 0 Å². The van der Waals surface area contributed by atoms with E-state index in [0.29, 0.717) is 0 Å². The predicted octanol–water partition coefficient (Wildman–Crippen LogP) is 4.44. The lowest BCUT2D eigenvalue weighted by atomic mass is 10.1. The summed E-state index contributed by atoms with van der Waals surface area (Å²) in [4.78, 5) is 0. The Balaban J connectivity index is 2.26. The molecule has 0 N–H and O–H groups in total. The summed E-state index contributed by atoms with van der Waals surface area (Å²) in [5, 5.41) is 1.08. The van der Waals surface area contributed by atoms with Crippen LogP contribution in [0.5, 0.6) is 5.75 Å². The van der Waals surface area contributed by atoms with Crippen LogP contribution in [0.4, 0.5) is 0 Å². The summed E-state index contributed by atoms with van der Waals surface area (Å²) in [5.41, 5.74) is 1.36. The lowest BCUT2D eigenvalue weighted by Crippen LogP contribution is -2.04. The highest BCUT2D eigenvalue weighted by Gasteiger charge is 2.01. The van der Waals surface area contributed by atoms with Gasteiger partial charge in [0.2, 0.25) is 0 Å². The molecule has 0 saturated heterocycles. The zero-order chi connectivity index (χ0) is 11.8. The maximum absolute atomic E-state index is 5.71. The average molecular weight is 285 g/mol. The fraction of sp³-hybridized carbons (Fsp3) is 0.571. The molecule has 90 valence electrons. The molecular formula is C14H21BrO. The fourth-order valence-electron chi connectivity index (χ4n) is 1.53. The Kier molecular flexibility index (Phi) is 6.55. The van der Waals surface area contributed by atoms with Crippen molar-refractivity contribution in [1.82, 2.24) is 0 Å². The molecule has 0 saturated carbocycles. The van der Waals surface area contributed by atoms with Crippen LogP contribution in [0.25, 0.3) is 0 Å². The third-order valence-electron chi connectivity index (χ3n) is 2.81. The molecule has 1 nitrogen and oxygen atoms in total. The van der Waals surface area contributed by atoms with Gasteiger partial charge in [-0.2, -0.15) is 0 Å². The van der Waals surface area contributed by atoms with Crippen molar-refractivity contribution in [2.75, 3.05) is 11.9 Å². The van der Waals surface area contributed by atoms with Crippen LogP contribution < -0.4 is 4.74 Å². The number of rotatable bonds is 7. The Morgan fingerprint density at radius 1 is 1.19 bits per heavy atom. The standard InChI is InChI=1S/C14H21BrO/c1-3-13-4-6-14(7-5-13)16-11-9-12(2)8-10-15/h4-7,12H,3,8-11H2,1-2H3. The first-order chi connectivity index (χ1) is 7.76. The van der Waals surface area contributed by atoms with E-state index in [0.717, 1.165) is 36.4 Å². The summed E-state index contributed by atoms with van der Waals surface area (Å²) in [6.45, 7) is 5.25. The van der Waals surface area contributed by atoms with Crippen molar-refractivity contribution >= 4 is 15.9 Å². The molecule has 0 heterocycles. The lowest BCUT2D eigenvalue weighted by molar-refractivity contribution is 0.282. The molecule has 0 spiro atoms. The first-order valence-electron chi connectivity index (χ1n) is 6.04. The second-order valence-corrected chi connectivity index (χ2v) is 5.01. The number of benzene rings is 1. The van der Waals surface area contributed by atoms with E-state index >= 15 is 0 Å². The molecule has 1 unspecified atom stereocenters. The zero-order valence-corrected chi connectivity index (χ0v) is 11.8. The molecule has 0 amide bonds. The number of alkyl halides is 1. The maximum Gasteiger partial charge on any atom is 0.119 e. The second kappa shape index (κ2) is 7.72. The number of halogens is 1. The van der Waals surface area contributed by atoms with E-state index in [1.54, 1.807) is 0 Å². The van der Waals surface area contributed by atoms with Crippen LogP contribution >= 0.6 is 15.9 Å². The third kappa shape index (κ3) is 5.02. The van der Waals surface area contributed by atoms with Gasteiger partial charge in [0.1, 0.15) is 5.75 Å². The maximum atomic E-state index is 5.71. The molecule has 0 bridgehead atoms. The summed E-state index contributed by atoms with van der Waals surface area (Å²) in [7, 11) is 0. The Morgan fingerprint density at radius 3 is 2.44 bits per heavy atom. The van der Waals surface area contributed by atoms with E-state index < -0.39 is 0 Å². The SMILES string of the molecule is CCc1ccc(OCCC(C)CCBr)cc1. The van der Waals surface area contributed by atoms with Gasteiger partial charge in [0.15, 0.2) is 0 Å². The molecule has 16 heavy (non-hydrogen) atoms. The molecule has 0 aromatic heterocycles. The molecule has 0 radical (unpaired) electrons. The Labute approximate surface area is 107 Å². The van der Waals surface area contributed by atoms with E-state index in [1.165, 1.54) is 12.0 Å². The number of aryl methyl sites for hydroxylation is 1. The van der Waals surface area contributed by atoms with Crippen molar-refractivity contribution in [2.24, 2.45) is 5.92 Å². The highest BCUT2D eigenvalue weighted by Crippen LogP contribution is 2.14. The largest absolute Gasteiger partial charge is 0.494 e. The molecule has 1 rings (SSSR count). The van der Waals surface area contributed by atoms with Crippen LogP contribution in [0.15, 0.2) is 24.3 Å². The Morgan fingerprint density at radius 2 is 1.88 bits per heavy atom. The van der Waals surface area contributed by atoms with Gasteiger partial charge in [-0.15, -0.1) is 0 Å². The molecule has 1 aromatic carbocycles. The van der Waals surface area contributed by atoms with Crippen LogP contribution in [0.2, 0.25) is 0 Å². The first-order valence-corrected chi connectivity index (χ1v) is 7.16. The molecule has 1 aromatic rings. The van der Waals surface area contributed by atoms with Gasteiger partial charge >= 0.3 is 0 Å². The summed E-state index contributed by atoms with van der Waals surface area (Å²) in [6.07, 6.45) is 3.43. The summed E-state index contributed by atoms with van der Waals surface area (Å²) in [6, 6.07) is 8.40. The normalized spacial score (nSPS) is 12.4. The first kappa shape index (κ1) is 13.6. The topological polar surface area (TPSA) is 9.23 Å². The number of ether oxygens (including phenoxy) is 1. The minimum absolute atomic E-state index is 0.731. The highest BCUT2D eigenvalue weighted by atomic mass is 79.9. The van der Waals surface area contributed by atoms with Gasteiger partial charge in [0.25, 0.3) is 0 Å². The third-order valence-corrected chi connectivity index (χ3v) is 3.27. The minimum Gasteiger partial charge on any atom is -0.494 e. The molecule has 2 heteroatoms. The summed E-state index contributed by atoms with van der Waals surface area (Å²) < 4.78 is 5.71. The number of hydrogen-bond acceptors (Lipinski definition) is 1. The molecule has 0 aliphatic heterocycles. The van der Waals surface area contributed by atoms with Crippen molar-refractivity contribution in [2.45, 2.75) is 33.1 Å². The van der Waals surface area contributed by atoms with Crippen molar-refractivity contribution in [3.63, 3.8) is 0 Å². The van der Waals surface area contributed by atoms with E-state index in [1.807, 2.05) is 0 Å². The predicted molar refractivity (Wildman–Crippen MR) is 73.5 cm³/mol. The summed E-state index contributed by atoms with van der Waals surface area (Å²) in [5.74, 6) is 1.72. The second-order valence-electron chi connectivity index (χ2n) is 4.22. The van der Waals surface area contributed by atoms with E-state index in [4.69, 9.17) is 4.74 Å². The van der Waals surface area contributed by atoms with Crippen molar-refractivity contribution in [3.8, 4) is 5.75 Å². The van der Waals surface area contributed by atoms with E-state index in [-0.39, 0.29) is 0 Å². The van der Waals surface area contributed by atoms with Gasteiger partial charge in [-0.3, -0.25) is 0 Å². The van der Waals surface area contributed by atoms with Crippen molar-refractivity contribution < 1.29 is 4.74 Å². The van der Waals surface area contributed by atoms with Crippen LogP contribution in [0.3, 0.4) is 0 Å². The van der Waals surface area contributed by atoms with Crippen LogP contribution in [0, 0.1) is 5.92 Å². The molecular weight excluding hydrogens is 264 g/mol. The Hall–Kier alpha value is -0.500. The molecule has 0 aliphatic rings. The fourth-order valence-corrected chi connectivity index (χ4v) is 2.31. The minimum atomic E-state index is 0.731. The van der Waals surface area contributed by atoms with Gasteiger partial charge < -0.3 is 4.74 Å². The van der Waals surface area contributed by atoms with Gasteiger partial charge in [-0.05, 0) is 42.9 Å². The van der Waals surface area contributed by atoms with Gasteiger partial charge in [0.05, 0.1) is 6.61 Å². The average Bonchev–Trinajstić information content (AvgIpc) is 2.30. The molecule has 0 aliphatic carbocycles. The van der Waals surface area contributed by atoms with Gasteiger partial charge in [-0.25, -0.2) is 0 Å². The molecule has 1 atom stereocenters. The monoisotopic (exact) mass is 284 g/mol. The summed E-state index contributed by atoms with van der Waals surface area (Å²) >= 11 is 3.46. The van der Waals surface area contributed by atoms with Crippen LogP contribution in [-0.4, -0.2) is 11.9 Å². The van der Waals surface area contributed by atoms with Crippen LogP contribution in [0.1, 0.15) is 32.3 Å². The highest BCUT2D eigenvalue weighted by molar-refractivity contribution is 9.09. The smallest absolute Gasteiger partial charge is 0.119 e. The van der Waals surface area contributed by atoms with Crippen molar-refractivity contribution in [1.29, 1.82) is 0 Å².